The molecule has 10 nitrogen and oxygen atoms in total. The second-order valence-corrected chi connectivity index (χ2v) is 10.3. The molecule has 170 valence electrons. The molecule has 4 rings (SSSR count). The second kappa shape index (κ2) is 8.92. The molecule has 1 aromatic heterocycles. The van der Waals surface area contributed by atoms with Crippen LogP contribution in [0.3, 0.4) is 0 Å². The molecule has 1 N–H and O–H groups in total. The number of carbonyl (C=O) groups excluding carboxylic acids is 2. The molecule has 0 bridgehead atoms. The fourth-order valence-electron chi connectivity index (χ4n) is 2.92. The molecular weight excluding hydrogens is 488 g/mol. The van der Waals surface area contributed by atoms with Crippen LogP contribution in [0, 0.1) is 5.41 Å². The monoisotopic (exact) mass is 504 g/mol. The highest BCUT2D eigenvalue weighted by molar-refractivity contribution is 8.16. The molecule has 0 fully saturated rings. The summed E-state index contributed by atoms with van der Waals surface area (Å²) < 4.78 is 38.9. The van der Waals surface area contributed by atoms with Crippen molar-refractivity contribution in [2.24, 2.45) is 9.39 Å². The number of thiophene rings is 1. The quantitative estimate of drug-likeness (QED) is 0.284. The maximum absolute atomic E-state index is 12.5. The van der Waals surface area contributed by atoms with E-state index in [1.165, 1.54) is 23.5 Å². The lowest BCUT2D eigenvalue weighted by molar-refractivity contribution is -0.114. The molecule has 33 heavy (non-hydrogen) atoms. The Bertz CT molecular complexity index is 1360. The van der Waals surface area contributed by atoms with Crippen molar-refractivity contribution in [3.8, 4) is 11.5 Å². The number of esters is 1. The highest BCUT2D eigenvalue weighted by Gasteiger charge is 2.41. The molecule has 1 aromatic carbocycles. The Balaban J connectivity index is 1.66. The first-order chi connectivity index (χ1) is 15.7. The molecule has 13 heteroatoms. The number of nitrogens with one attached hydrogen (secondary N) is 1. The van der Waals surface area contributed by atoms with E-state index < -0.39 is 21.7 Å². The van der Waals surface area contributed by atoms with Gasteiger partial charge in [0.15, 0.2) is 11.5 Å². The molecule has 0 spiro atoms. The molecule has 3 heterocycles. The van der Waals surface area contributed by atoms with Crippen LogP contribution in [0.5, 0.6) is 11.5 Å². The van der Waals surface area contributed by atoms with Crippen LogP contribution in [-0.4, -0.2) is 54.2 Å². The number of nitrogens with zero attached hydrogens (tertiary/aromatic N) is 3. The average molecular weight is 505 g/mol. The molecular formula is C20H16N4O6S3. The van der Waals surface area contributed by atoms with Crippen molar-refractivity contribution in [2.75, 3.05) is 12.9 Å². The van der Waals surface area contributed by atoms with E-state index in [-0.39, 0.29) is 33.2 Å². The lowest BCUT2D eigenvalue weighted by atomic mass is 10.1. The van der Waals surface area contributed by atoms with Gasteiger partial charge in [-0.3, -0.25) is 10.2 Å². The summed E-state index contributed by atoms with van der Waals surface area (Å²) in [6, 6.07) is 8.03. The van der Waals surface area contributed by atoms with E-state index in [0.29, 0.717) is 17.0 Å². The van der Waals surface area contributed by atoms with Crippen LogP contribution in [0.2, 0.25) is 0 Å². The first kappa shape index (κ1) is 22.9. The van der Waals surface area contributed by atoms with Crippen LogP contribution in [0.1, 0.15) is 22.2 Å². The molecule has 0 aliphatic carbocycles. The van der Waals surface area contributed by atoms with Gasteiger partial charge in [0.05, 0.1) is 24.1 Å². The highest BCUT2D eigenvalue weighted by atomic mass is 32.2. The summed E-state index contributed by atoms with van der Waals surface area (Å²) in [4.78, 5) is 30.1. The summed E-state index contributed by atoms with van der Waals surface area (Å²) in [6.45, 7) is 2.06. The number of carbonyl (C=O) groups is 2. The summed E-state index contributed by atoms with van der Waals surface area (Å²) in [7, 11) is -3.74. The van der Waals surface area contributed by atoms with Gasteiger partial charge in [-0.15, -0.1) is 11.3 Å². The first-order valence-electron chi connectivity index (χ1n) is 9.40. The van der Waals surface area contributed by atoms with Gasteiger partial charge in [-0.05, 0) is 42.1 Å². The second-order valence-electron chi connectivity index (χ2n) is 6.68. The van der Waals surface area contributed by atoms with E-state index in [1.807, 2.05) is 0 Å². The van der Waals surface area contributed by atoms with Gasteiger partial charge in [-0.2, -0.15) is 9.39 Å². The molecule has 1 amide bonds. The Morgan fingerprint density at radius 3 is 2.73 bits per heavy atom. The lowest BCUT2D eigenvalue weighted by Crippen LogP contribution is -2.45. The summed E-state index contributed by atoms with van der Waals surface area (Å²) >= 11 is 1.97. The standard InChI is InChI=1S/C20H16N4O6S3/c1-3-29-14-10-11(6-7-13(14)30-18(26)15-5-4-8-31-15)9-12-16(21)24-19(22-17(12)25)32-23-20(24)33(2,27)28/h4-10,21H,3H2,1-2H3. The van der Waals surface area contributed by atoms with Crippen LogP contribution in [-0.2, 0) is 14.6 Å². The van der Waals surface area contributed by atoms with Crippen LogP contribution < -0.4 is 9.47 Å². The smallest absolute Gasteiger partial charge is 0.353 e. The zero-order valence-corrected chi connectivity index (χ0v) is 19.7. The molecule has 2 aliphatic rings. The normalized spacial score (nSPS) is 17.0. The number of sulfone groups is 1. The van der Waals surface area contributed by atoms with Gasteiger partial charge in [0.1, 0.15) is 10.7 Å². The average Bonchev–Trinajstić information content (AvgIpc) is 3.43. The third-order valence-corrected chi connectivity index (χ3v) is 6.93. The van der Waals surface area contributed by atoms with E-state index in [9.17, 15) is 18.0 Å². The number of ether oxygens (including phenoxy) is 2. The van der Waals surface area contributed by atoms with Crippen molar-refractivity contribution in [2.45, 2.75) is 6.92 Å². The third kappa shape index (κ3) is 4.60. The maximum Gasteiger partial charge on any atom is 0.353 e. The van der Waals surface area contributed by atoms with Crippen LogP contribution in [0.4, 0.5) is 0 Å². The summed E-state index contributed by atoms with van der Waals surface area (Å²) in [5.41, 5.74) is 0.342. The molecule has 0 saturated heterocycles. The number of amidine groups is 3. The number of rotatable bonds is 5. The Hall–Kier alpha value is -3.29. The van der Waals surface area contributed by atoms with Crippen molar-refractivity contribution in [1.82, 2.24) is 4.90 Å². The fourth-order valence-corrected chi connectivity index (χ4v) is 5.36. The van der Waals surface area contributed by atoms with Crippen molar-refractivity contribution in [3.05, 3.63) is 51.7 Å². The van der Waals surface area contributed by atoms with E-state index in [4.69, 9.17) is 14.9 Å². The zero-order valence-electron chi connectivity index (χ0n) is 17.3. The van der Waals surface area contributed by atoms with E-state index in [2.05, 4.69) is 9.39 Å². The number of hydrogen-bond acceptors (Lipinski definition) is 10. The predicted molar refractivity (Wildman–Crippen MR) is 127 cm³/mol. The molecule has 0 atom stereocenters. The Labute approximate surface area is 197 Å². The molecule has 2 aliphatic heterocycles. The number of amides is 1. The molecule has 0 unspecified atom stereocenters. The third-order valence-electron chi connectivity index (χ3n) is 4.33. The maximum atomic E-state index is 12.5. The largest absolute Gasteiger partial charge is 0.490 e. The topological polar surface area (TPSA) is 139 Å². The lowest BCUT2D eigenvalue weighted by Gasteiger charge is -2.23. The van der Waals surface area contributed by atoms with E-state index in [1.54, 1.807) is 36.6 Å². The van der Waals surface area contributed by atoms with Crippen LogP contribution in [0.25, 0.3) is 6.08 Å². The molecule has 0 radical (unpaired) electrons. The van der Waals surface area contributed by atoms with Gasteiger partial charge in [0.2, 0.25) is 20.2 Å². The van der Waals surface area contributed by atoms with Gasteiger partial charge in [0.25, 0.3) is 5.91 Å². The Morgan fingerprint density at radius 2 is 2.06 bits per heavy atom. The van der Waals surface area contributed by atoms with Crippen molar-refractivity contribution < 1.29 is 27.5 Å². The first-order valence-corrected chi connectivity index (χ1v) is 12.9. The van der Waals surface area contributed by atoms with Crippen molar-refractivity contribution >= 4 is 67.2 Å². The molecule has 2 aromatic rings. The van der Waals surface area contributed by atoms with Crippen molar-refractivity contribution in [3.63, 3.8) is 0 Å². The van der Waals surface area contributed by atoms with E-state index >= 15 is 0 Å². The SMILES string of the molecule is CCOc1cc(C=C2C(=N)N3C(=NC2=O)SN=C3S(C)(=O)=O)ccc1OC(=O)c1cccs1. The minimum absolute atomic E-state index is 0.00779. The van der Waals surface area contributed by atoms with Crippen LogP contribution >= 0.6 is 23.3 Å². The fraction of sp³-hybridized carbons (Fsp3) is 0.150. The number of fused-ring (bicyclic) bond motifs is 1. The zero-order chi connectivity index (χ0) is 23.8. The Kier molecular flexibility index (Phi) is 6.19. The summed E-state index contributed by atoms with van der Waals surface area (Å²) in [5.74, 6) is -1.11. The van der Waals surface area contributed by atoms with Gasteiger partial charge < -0.3 is 9.47 Å². The van der Waals surface area contributed by atoms with Gasteiger partial charge in [0, 0.05) is 6.26 Å². The summed E-state index contributed by atoms with van der Waals surface area (Å²) in [6.07, 6.45) is 2.36. The number of benzene rings is 1. The van der Waals surface area contributed by atoms with Gasteiger partial charge in [-0.25, -0.2) is 18.1 Å². The Morgan fingerprint density at radius 1 is 1.27 bits per heavy atom. The van der Waals surface area contributed by atoms with Gasteiger partial charge in [-0.1, -0.05) is 12.1 Å². The minimum atomic E-state index is -3.74. The summed E-state index contributed by atoms with van der Waals surface area (Å²) in [5, 5.41) is 9.82. The number of hydrogen-bond donors (Lipinski definition) is 1. The van der Waals surface area contributed by atoms with Crippen molar-refractivity contribution in [1.29, 1.82) is 5.41 Å². The van der Waals surface area contributed by atoms with Crippen LogP contribution in [0.15, 0.2) is 50.7 Å². The minimum Gasteiger partial charge on any atom is -0.490 e. The highest BCUT2D eigenvalue weighted by Crippen LogP contribution is 2.33. The van der Waals surface area contributed by atoms with Gasteiger partial charge >= 0.3 is 5.97 Å². The molecule has 0 saturated carbocycles. The van der Waals surface area contributed by atoms with E-state index in [0.717, 1.165) is 23.1 Å². The predicted octanol–water partition coefficient (Wildman–Crippen LogP) is 2.99. The number of aliphatic imine (C=N–C) groups is 1.